The third-order valence-corrected chi connectivity index (χ3v) is 3.84. The molecule has 1 saturated heterocycles. The average Bonchev–Trinajstić information content (AvgIpc) is 2.71. The van der Waals surface area contributed by atoms with Crippen LogP contribution in [0.4, 0.5) is 17.8 Å². The molecule has 6 heteroatoms. The SMILES string of the molecule is CCC1CCCCCN1c1nc(NC)nc(N(C)C)n1. The van der Waals surface area contributed by atoms with Gasteiger partial charge in [-0.25, -0.2) is 0 Å². The van der Waals surface area contributed by atoms with E-state index in [-0.39, 0.29) is 0 Å². The van der Waals surface area contributed by atoms with E-state index >= 15 is 0 Å². The second-order valence-electron chi connectivity index (χ2n) is 5.51. The van der Waals surface area contributed by atoms with Crippen LogP contribution < -0.4 is 15.1 Å². The van der Waals surface area contributed by atoms with Gasteiger partial charge in [-0.2, -0.15) is 15.0 Å². The molecule has 2 rings (SSSR count). The lowest BCUT2D eigenvalue weighted by atomic mass is 10.1. The van der Waals surface area contributed by atoms with Crippen LogP contribution in [-0.2, 0) is 0 Å². The van der Waals surface area contributed by atoms with Crippen molar-refractivity contribution in [1.29, 1.82) is 0 Å². The molecule has 1 fully saturated rings. The standard InChI is InChI=1S/C14H26N6/c1-5-11-9-7-6-8-10-20(11)14-17-12(15-2)16-13(18-14)19(3)4/h11H,5-10H2,1-4H3,(H,15,16,17,18). The topological polar surface area (TPSA) is 57.2 Å². The number of rotatable bonds is 4. The largest absolute Gasteiger partial charge is 0.357 e. The normalized spacial score (nSPS) is 19.6. The Labute approximate surface area is 121 Å². The average molecular weight is 278 g/mol. The van der Waals surface area contributed by atoms with Crippen LogP contribution in [0.25, 0.3) is 0 Å². The summed E-state index contributed by atoms with van der Waals surface area (Å²) in [4.78, 5) is 17.9. The molecule has 0 saturated carbocycles. The Morgan fingerprint density at radius 2 is 2.00 bits per heavy atom. The number of hydrogen-bond donors (Lipinski definition) is 1. The zero-order chi connectivity index (χ0) is 14.5. The van der Waals surface area contributed by atoms with Crippen LogP contribution in [0.1, 0.15) is 39.0 Å². The highest BCUT2D eigenvalue weighted by atomic mass is 15.4. The summed E-state index contributed by atoms with van der Waals surface area (Å²) >= 11 is 0. The van der Waals surface area contributed by atoms with Gasteiger partial charge >= 0.3 is 0 Å². The summed E-state index contributed by atoms with van der Waals surface area (Å²) in [5.41, 5.74) is 0. The van der Waals surface area contributed by atoms with E-state index in [0.29, 0.717) is 17.9 Å². The first-order valence-corrected chi connectivity index (χ1v) is 7.53. The Balaban J connectivity index is 2.35. The van der Waals surface area contributed by atoms with Crippen molar-refractivity contribution in [1.82, 2.24) is 15.0 Å². The molecule has 1 aromatic rings. The van der Waals surface area contributed by atoms with E-state index in [1.807, 2.05) is 26.0 Å². The van der Waals surface area contributed by atoms with E-state index in [1.54, 1.807) is 0 Å². The zero-order valence-corrected chi connectivity index (χ0v) is 13.1. The Morgan fingerprint density at radius 1 is 1.20 bits per heavy atom. The van der Waals surface area contributed by atoms with Gasteiger partial charge in [-0.15, -0.1) is 0 Å². The van der Waals surface area contributed by atoms with Crippen LogP contribution in [0.3, 0.4) is 0 Å². The minimum absolute atomic E-state index is 0.541. The molecule has 1 atom stereocenters. The third kappa shape index (κ3) is 3.29. The molecule has 1 aliphatic heterocycles. The smallest absolute Gasteiger partial charge is 0.232 e. The van der Waals surface area contributed by atoms with Gasteiger partial charge in [0.25, 0.3) is 0 Å². The minimum Gasteiger partial charge on any atom is -0.357 e. The van der Waals surface area contributed by atoms with Gasteiger partial charge in [0.15, 0.2) is 0 Å². The molecule has 0 amide bonds. The van der Waals surface area contributed by atoms with E-state index < -0.39 is 0 Å². The van der Waals surface area contributed by atoms with Crippen LogP contribution in [0.2, 0.25) is 0 Å². The zero-order valence-electron chi connectivity index (χ0n) is 13.1. The van der Waals surface area contributed by atoms with Gasteiger partial charge in [-0.3, -0.25) is 0 Å². The van der Waals surface area contributed by atoms with Gasteiger partial charge < -0.3 is 15.1 Å². The molecule has 0 bridgehead atoms. The summed E-state index contributed by atoms with van der Waals surface area (Å²) in [6, 6.07) is 0.541. The Morgan fingerprint density at radius 3 is 2.65 bits per heavy atom. The maximum atomic E-state index is 4.63. The highest BCUT2D eigenvalue weighted by molar-refractivity contribution is 5.45. The molecule has 1 N–H and O–H groups in total. The van der Waals surface area contributed by atoms with E-state index in [1.165, 1.54) is 25.7 Å². The van der Waals surface area contributed by atoms with Crippen LogP contribution >= 0.6 is 0 Å². The van der Waals surface area contributed by atoms with Gasteiger partial charge in [0.05, 0.1) is 0 Å². The Bertz CT molecular complexity index is 434. The molecular weight excluding hydrogens is 252 g/mol. The van der Waals surface area contributed by atoms with Gasteiger partial charge in [0, 0.05) is 33.7 Å². The van der Waals surface area contributed by atoms with Crippen molar-refractivity contribution in [3.63, 3.8) is 0 Å². The molecule has 0 aromatic carbocycles. The number of anilines is 3. The highest BCUT2D eigenvalue weighted by Crippen LogP contribution is 2.24. The summed E-state index contributed by atoms with van der Waals surface area (Å²) in [6.45, 7) is 3.29. The molecule has 2 heterocycles. The molecule has 1 aliphatic rings. The van der Waals surface area contributed by atoms with Crippen LogP contribution in [0.5, 0.6) is 0 Å². The first-order valence-electron chi connectivity index (χ1n) is 7.53. The lowest BCUT2D eigenvalue weighted by molar-refractivity contribution is 0.547. The molecule has 0 aliphatic carbocycles. The molecule has 6 nitrogen and oxygen atoms in total. The monoisotopic (exact) mass is 278 g/mol. The number of nitrogens with zero attached hydrogens (tertiary/aromatic N) is 5. The number of aromatic nitrogens is 3. The lowest BCUT2D eigenvalue weighted by Gasteiger charge is -2.29. The van der Waals surface area contributed by atoms with Crippen molar-refractivity contribution < 1.29 is 0 Å². The van der Waals surface area contributed by atoms with E-state index in [9.17, 15) is 0 Å². The van der Waals surface area contributed by atoms with Crippen molar-refractivity contribution >= 4 is 17.8 Å². The maximum absolute atomic E-state index is 4.63. The van der Waals surface area contributed by atoms with Crippen LogP contribution in [-0.4, -0.2) is 48.7 Å². The van der Waals surface area contributed by atoms with Crippen molar-refractivity contribution in [2.24, 2.45) is 0 Å². The summed E-state index contributed by atoms with van der Waals surface area (Å²) < 4.78 is 0. The van der Waals surface area contributed by atoms with Crippen molar-refractivity contribution in [2.75, 3.05) is 42.8 Å². The van der Waals surface area contributed by atoms with Gasteiger partial charge in [-0.1, -0.05) is 19.8 Å². The predicted molar refractivity (Wildman–Crippen MR) is 83.6 cm³/mol. The molecule has 1 unspecified atom stereocenters. The molecule has 20 heavy (non-hydrogen) atoms. The summed E-state index contributed by atoms with van der Waals surface area (Å²) in [6.07, 6.45) is 6.19. The quantitative estimate of drug-likeness (QED) is 0.910. The first-order chi connectivity index (χ1) is 9.65. The second kappa shape index (κ2) is 6.72. The third-order valence-electron chi connectivity index (χ3n) is 3.84. The molecule has 0 radical (unpaired) electrons. The highest BCUT2D eigenvalue weighted by Gasteiger charge is 2.23. The summed E-state index contributed by atoms with van der Waals surface area (Å²) in [5, 5.41) is 3.03. The molecule has 0 spiro atoms. The van der Waals surface area contributed by atoms with E-state index in [0.717, 1.165) is 18.9 Å². The van der Waals surface area contributed by atoms with Crippen LogP contribution in [0.15, 0.2) is 0 Å². The number of nitrogens with one attached hydrogen (secondary N) is 1. The predicted octanol–water partition coefficient (Wildman–Crippen LogP) is 2.14. The fourth-order valence-corrected chi connectivity index (χ4v) is 2.66. The molecule has 112 valence electrons. The summed E-state index contributed by atoms with van der Waals surface area (Å²) in [5.74, 6) is 2.15. The van der Waals surface area contributed by atoms with E-state index in [2.05, 4.69) is 32.1 Å². The van der Waals surface area contributed by atoms with E-state index in [4.69, 9.17) is 0 Å². The van der Waals surface area contributed by atoms with Gasteiger partial charge in [0.1, 0.15) is 0 Å². The Kier molecular flexibility index (Phi) is 4.98. The Hall–Kier alpha value is -1.59. The molecule has 1 aromatic heterocycles. The lowest BCUT2D eigenvalue weighted by Crippen LogP contribution is -2.36. The first kappa shape index (κ1) is 14.8. The van der Waals surface area contributed by atoms with Gasteiger partial charge in [0.2, 0.25) is 17.8 Å². The minimum atomic E-state index is 0.541. The fraction of sp³-hybridized carbons (Fsp3) is 0.786. The van der Waals surface area contributed by atoms with Crippen LogP contribution in [0, 0.1) is 0 Å². The van der Waals surface area contributed by atoms with Gasteiger partial charge in [-0.05, 0) is 19.3 Å². The van der Waals surface area contributed by atoms with Crippen molar-refractivity contribution in [3.8, 4) is 0 Å². The van der Waals surface area contributed by atoms with Crippen molar-refractivity contribution in [2.45, 2.75) is 45.1 Å². The second-order valence-corrected chi connectivity index (χ2v) is 5.51. The van der Waals surface area contributed by atoms with Crippen molar-refractivity contribution in [3.05, 3.63) is 0 Å². The molecular formula is C14H26N6. The fourth-order valence-electron chi connectivity index (χ4n) is 2.66. The summed E-state index contributed by atoms with van der Waals surface area (Å²) in [7, 11) is 5.76. The number of hydrogen-bond acceptors (Lipinski definition) is 6. The maximum Gasteiger partial charge on any atom is 0.232 e.